The summed E-state index contributed by atoms with van der Waals surface area (Å²) in [5, 5.41) is 20.8. The Morgan fingerprint density at radius 1 is 1.14 bits per heavy atom. The number of benzene rings is 2. The molecular formula is C16H15NO4. The topological polar surface area (TPSA) is 80.4 Å². The van der Waals surface area contributed by atoms with E-state index in [1.165, 1.54) is 25.1 Å². The average Bonchev–Trinajstić information content (AvgIpc) is 2.48. The molecule has 21 heavy (non-hydrogen) atoms. The minimum Gasteiger partial charge on any atom is -0.481 e. The van der Waals surface area contributed by atoms with Crippen molar-refractivity contribution < 1.29 is 14.8 Å². The number of hydrogen-bond acceptors (Lipinski definition) is 3. The lowest BCUT2D eigenvalue weighted by Crippen LogP contribution is -2.35. The lowest BCUT2D eigenvalue weighted by molar-refractivity contribution is -0.386. The molecule has 1 unspecified atom stereocenters. The molecule has 0 aromatic heterocycles. The summed E-state index contributed by atoms with van der Waals surface area (Å²) in [5.74, 6) is -1.08. The summed E-state index contributed by atoms with van der Waals surface area (Å²) in [6.07, 6.45) is 0.189. The van der Waals surface area contributed by atoms with Gasteiger partial charge in [-0.05, 0) is 18.9 Å². The van der Waals surface area contributed by atoms with E-state index in [1.54, 1.807) is 6.07 Å². The Morgan fingerprint density at radius 2 is 1.71 bits per heavy atom. The standard InChI is InChI=1S/C16H15NO4/c1-16(15(18)19,11-12-7-3-2-4-8-12)13-9-5-6-10-14(13)17(20)21/h2-10H,11H2,1H3,(H,18,19). The van der Waals surface area contributed by atoms with E-state index in [4.69, 9.17) is 0 Å². The second kappa shape index (κ2) is 5.75. The quantitative estimate of drug-likeness (QED) is 0.675. The second-order valence-electron chi connectivity index (χ2n) is 5.07. The smallest absolute Gasteiger partial charge is 0.314 e. The van der Waals surface area contributed by atoms with Gasteiger partial charge in [-0.2, -0.15) is 0 Å². The van der Waals surface area contributed by atoms with Crippen LogP contribution in [0.4, 0.5) is 5.69 Å². The van der Waals surface area contributed by atoms with Crippen molar-refractivity contribution >= 4 is 11.7 Å². The van der Waals surface area contributed by atoms with Crippen molar-refractivity contribution in [3.05, 3.63) is 75.8 Å². The van der Waals surface area contributed by atoms with Crippen molar-refractivity contribution in [1.29, 1.82) is 0 Å². The zero-order valence-corrected chi connectivity index (χ0v) is 11.5. The molecule has 1 atom stereocenters. The third-order valence-corrected chi connectivity index (χ3v) is 3.57. The Balaban J connectivity index is 2.53. The van der Waals surface area contributed by atoms with Gasteiger partial charge < -0.3 is 5.11 Å². The van der Waals surface area contributed by atoms with E-state index >= 15 is 0 Å². The number of aliphatic carboxylic acids is 1. The molecule has 0 amide bonds. The molecule has 0 saturated carbocycles. The Hall–Kier alpha value is -2.69. The lowest BCUT2D eigenvalue weighted by Gasteiger charge is -2.25. The summed E-state index contributed by atoms with van der Waals surface area (Å²) < 4.78 is 0. The van der Waals surface area contributed by atoms with Gasteiger partial charge in [0.2, 0.25) is 0 Å². The van der Waals surface area contributed by atoms with Gasteiger partial charge in [0, 0.05) is 11.6 Å². The maximum Gasteiger partial charge on any atom is 0.314 e. The molecule has 1 N–H and O–H groups in total. The summed E-state index contributed by atoms with van der Waals surface area (Å²) in [6.45, 7) is 1.52. The maximum atomic E-state index is 11.8. The van der Waals surface area contributed by atoms with Crippen LogP contribution in [0.25, 0.3) is 0 Å². The van der Waals surface area contributed by atoms with Gasteiger partial charge in [0.25, 0.3) is 5.69 Å². The molecule has 0 spiro atoms. The van der Waals surface area contributed by atoms with Crippen molar-refractivity contribution in [2.45, 2.75) is 18.8 Å². The predicted molar refractivity (Wildman–Crippen MR) is 78.2 cm³/mol. The van der Waals surface area contributed by atoms with Gasteiger partial charge in [-0.3, -0.25) is 14.9 Å². The van der Waals surface area contributed by atoms with Crippen LogP contribution in [0.15, 0.2) is 54.6 Å². The highest BCUT2D eigenvalue weighted by Gasteiger charge is 2.40. The molecule has 0 aliphatic rings. The van der Waals surface area contributed by atoms with Crippen molar-refractivity contribution in [3.63, 3.8) is 0 Å². The SMILES string of the molecule is CC(Cc1ccccc1)(C(=O)O)c1ccccc1[N+](=O)[O-]. The lowest BCUT2D eigenvalue weighted by atomic mass is 9.76. The van der Waals surface area contributed by atoms with Crippen LogP contribution < -0.4 is 0 Å². The minimum atomic E-state index is -1.36. The summed E-state index contributed by atoms with van der Waals surface area (Å²) in [4.78, 5) is 22.4. The average molecular weight is 285 g/mol. The molecule has 5 heteroatoms. The first-order chi connectivity index (χ1) is 9.95. The summed E-state index contributed by atoms with van der Waals surface area (Å²) in [6, 6.07) is 15.1. The maximum absolute atomic E-state index is 11.8. The number of carboxylic acids is 1. The van der Waals surface area contributed by atoms with Crippen LogP contribution in [0.2, 0.25) is 0 Å². The molecule has 2 rings (SSSR count). The fraction of sp³-hybridized carbons (Fsp3) is 0.188. The number of carboxylic acid groups (broad SMARTS) is 1. The van der Waals surface area contributed by atoms with Gasteiger partial charge in [-0.15, -0.1) is 0 Å². The third kappa shape index (κ3) is 2.91. The molecule has 108 valence electrons. The highest BCUT2D eigenvalue weighted by molar-refractivity contribution is 5.83. The molecule has 0 radical (unpaired) electrons. The first-order valence-corrected chi connectivity index (χ1v) is 6.46. The Kier molecular flexibility index (Phi) is 4.03. The Bertz CT molecular complexity index is 669. The van der Waals surface area contributed by atoms with Crippen LogP contribution in [0, 0.1) is 10.1 Å². The van der Waals surface area contributed by atoms with Crippen LogP contribution in [0.3, 0.4) is 0 Å². The van der Waals surface area contributed by atoms with E-state index in [0.717, 1.165) is 5.56 Å². The van der Waals surface area contributed by atoms with Crippen molar-refractivity contribution in [2.75, 3.05) is 0 Å². The molecular weight excluding hydrogens is 270 g/mol. The zero-order chi connectivity index (χ0) is 15.5. The van der Waals surface area contributed by atoms with E-state index in [1.807, 2.05) is 30.3 Å². The Morgan fingerprint density at radius 3 is 2.29 bits per heavy atom. The monoisotopic (exact) mass is 285 g/mol. The van der Waals surface area contributed by atoms with E-state index in [2.05, 4.69) is 0 Å². The number of hydrogen-bond donors (Lipinski definition) is 1. The highest BCUT2D eigenvalue weighted by atomic mass is 16.6. The molecule has 0 aliphatic heterocycles. The molecule has 0 aliphatic carbocycles. The van der Waals surface area contributed by atoms with Gasteiger partial charge in [0.15, 0.2) is 0 Å². The van der Waals surface area contributed by atoms with Crippen LogP contribution in [-0.4, -0.2) is 16.0 Å². The van der Waals surface area contributed by atoms with E-state index < -0.39 is 16.3 Å². The van der Waals surface area contributed by atoms with Gasteiger partial charge >= 0.3 is 5.97 Å². The number of nitrogens with zero attached hydrogens (tertiary/aromatic N) is 1. The number of nitro benzene ring substituents is 1. The van der Waals surface area contributed by atoms with Crippen LogP contribution >= 0.6 is 0 Å². The van der Waals surface area contributed by atoms with Crippen molar-refractivity contribution in [1.82, 2.24) is 0 Å². The molecule has 2 aromatic rings. The van der Waals surface area contributed by atoms with E-state index in [9.17, 15) is 20.0 Å². The molecule has 5 nitrogen and oxygen atoms in total. The normalized spacial score (nSPS) is 13.4. The van der Waals surface area contributed by atoms with Gasteiger partial charge in [-0.25, -0.2) is 0 Å². The van der Waals surface area contributed by atoms with Crippen LogP contribution in [-0.2, 0) is 16.6 Å². The number of nitro groups is 1. The predicted octanol–water partition coefficient (Wildman–Crippen LogP) is 3.18. The van der Waals surface area contributed by atoms with E-state index in [-0.39, 0.29) is 17.7 Å². The van der Waals surface area contributed by atoms with Gasteiger partial charge in [-0.1, -0.05) is 48.5 Å². The molecule has 0 bridgehead atoms. The van der Waals surface area contributed by atoms with Crippen molar-refractivity contribution in [3.8, 4) is 0 Å². The number of para-hydroxylation sites is 1. The van der Waals surface area contributed by atoms with Crippen LogP contribution in [0.1, 0.15) is 18.1 Å². The number of carbonyl (C=O) groups is 1. The van der Waals surface area contributed by atoms with Crippen LogP contribution in [0.5, 0.6) is 0 Å². The molecule has 0 heterocycles. The largest absolute Gasteiger partial charge is 0.481 e. The number of rotatable bonds is 5. The minimum absolute atomic E-state index is 0.168. The molecule has 0 saturated heterocycles. The fourth-order valence-corrected chi connectivity index (χ4v) is 2.39. The molecule has 2 aromatic carbocycles. The first kappa shape index (κ1) is 14.7. The summed E-state index contributed by atoms with van der Waals surface area (Å²) in [5.41, 5.74) is -0.490. The molecule has 0 fully saturated rings. The fourth-order valence-electron chi connectivity index (χ4n) is 2.39. The second-order valence-corrected chi connectivity index (χ2v) is 5.07. The zero-order valence-electron chi connectivity index (χ0n) is 11.5. The first-order valence-electron chi connectivity index (χ1n) is 6.46. The summed E-state index contributed by atoms with van der Waals surface area (Å²) in [7, 11) is 0. The third-order valence-electron chi connectivity index (χ3n) is 3.57. The Labute approximate surface area is 122 Å². The summed E-state index contributed by atoms with van der Waals surface area (Å²) >= 11 is 0. The van der Waals surface area contributed by atoms with Gasteiger partial charge in [0.1, 0.15) is 5.41 Å². The van der Waals surface area contributed by atoms with Crippen molar-refractivity contribution in [2.24, 2.45) is 0 Å². The highest BCUT2D eigenvalue weighted by Crippen LogP contribution is 2.34. The van der Waals surface area contributed by atoms with Gasteiger partial charge in [0.05, 0.1) is 4.92 Å². The van der Waals surface area contributed by atoms with E-state index in [0.29, 0.717) is 0 Å².